The molecule has 0 heterocycles. The molecule has 1 aromatic rings. The van der Waals surface area contributed by atoms with Gasteiger partial charge in [0, 0.05) is 24.4 Å². The van der Waals surface area contributed by atoms with Gasteiger partial charge in [-0.15, -0.1) is 0 Å². The van der Waals surface area contributed by atoms with Crippen molar-refractivity contribution in [1.82, 2.24) is 0 Å². The van der Waals surface area contributed by atoms with E-state index in [1.54, 1.807) is 79.7 Å². The van der Waals surface area contributed by atoms with Gasteiger partial charge in [-0.05, 0) is 79.0 Å². The second-order valence-electron chi connectivity index (χ2n) is 11.3. The van der Waals surface area contributed by atoms with Crippen molar-refractivity contribution in [3.8, 4) is 5.75 Å². The van der Waals surface area contributed by atoms with Crippen LogP contribution in [0.5, 0.6) is 5.75 Å². The molecule has 0 fully saturated rings. The molecule has 0 aromatic heterocycles. The van der Waals surface area contributed by atoms with Crippen LogP contribution in [0.25, 0.3) is 0 Å². The maximum atomic E-state index is 10.8. The van der Waals surface area contributed by atoms with Gasteiger partial charge < -0.3 is 61.1 Å². The van der Waals surface area contributed by atoms with E-state index >= 15 is 0 Å². The van der Waals surface area contributed by atoms with Crippen LogP contribution in [0.1, 0.15) is 94.6 Å². The molecule has 1 rings (SSSR count). The van der Waals surface area contributed by atoms with E-state index in [2.05, 4.69) is 18.7 Å². The third kappa shape index (κ3) is 54.2. The van der Waals surface area contributed by atoms with E-state index in [0.29, 0.717) is 25.1 Å². The maximum absolute atomic E-state index is 10.8. The fourth-order valence-corrected chi connectivity index (χ4v) is 2.67. The van der Waals surface area contributed by atoms with Crippen LogP contribution in [0.2, 0.25) is 9.45 Å². The normalized spacial score (nSPS) is 12.1. The quantitative estimate of drug-likeness (QED) is 0.0824. The molecule has 18 heteroatoms. The number of benzene rings is 1. The van der Waals surface area contributed by atoms with E-state index < -0.39 is 48.3 Å². The van der Waals surface area contributed by atoms with Gasteiger partial charge in [-0.1, -0.05) is 26.0 Å². The summed E-state index contributed by atoms with van der Waals surface area (Å²) in [6.07, 6.45) is -9.44. The minimum absolute atomic E-state index is 0.167. The van der Waals surface area contributed by atoms with E-state index in [9.17, 15) is 19.2 Å². The van der Waals surface area contributed by atoms with E-state index in [4.69, 9.17) is 61.1 Å². The predicted octanol–water partition coefficient (Wildman–Crippen LogP) is 2.39. The molecule has 4 atom stereocenters. The molecule has 0 saturated heterocycles. The number of hydrogen-bond donors (Lipinski definition) is 11. The molecule has 302 valence electrons. The maximum Gasteiger partial charge on any atom is 0.335 e. The van der Waals surface area contributed by atoms with Crippen LogP contribution in [0, 0.1) is 0 Å². The van der Waals surface area contributed by atoms with Gasteiger partial charge in [-0.2, -0.15) is 4.89 Å². The number of carboxylic acid groups (broad SMARTS) is 4. The minimum atomic E-state index is -2.27. The number of aliphatic hydroxyl groups is 7. The Labute approximate surface area is 310 Å². The van der Waals surface area contributed by atoms with Gasteiger partial charge in [-0.3, -0.25) is 0 Å². The summed E-state index contributed by atoms with van der Waals surface area (Å²) in [4.78, 5) is 50.1. The van der Waals surface area contributed by atoms with E-state index in [1.165, 1.54) is 9.45 Å². The summed E-state index contributed by atoms with van der Waals surface area (Å²) in [6, 6.07) is 6.66. The molecule has 51 heavy (non-hydrogen) atoms. The average molecular weight is 781 g/mol. The Bertz CT molecular complexity index is 916. The smallest absolute Gasteiger partial charge is 0.335 e. The first-order valence-electron chi connectivity index (χ1n) is 16.0. The average Bonchev–Trinajstić information content (AvgIpc) is 2.96. The van der Waals surface area contributed by atoms with Gasteiger partial charge in [0.1, 0.15) is 0 Å². The van der Waals surface area contributed by atoms with Crippen molar-refractivity contribution in [3.05, 3.63) is 29.8 Å². The number of aliphatic carboxylic acids is 4. The molecule has 0 aliphatic heterocycles. The predicted molar refractivity (Wildman–Crippen MR) is 185 cm³/mol. The fraction of sp³-hybridized carbons (Fsp3) is 0.697. The van der Waals surface area contributed by atoms with Crippen molar-refractivity contribution in [2.45, 2.75) is 147 Å². The molecule has 0 bridgehead atoms. The van der Waals surface area contributed by atoms with Crippen LogP contribution < -0.4 is 4.89 Å². The Kier molecular flexibility index (Phi) is 45.6. The van der Waals surface area contributed by atoms with Crippen molar-refractivity contribution in [3.63, 3.8) is 0 Å². The minimum Gasteiger partial charge on any atom is -0.479 e. The van der Waals surface area contributed by atoms with Gasteiger partial charge in [0.2, 0.25) is 6.10 Å². The van der Waals surface area contributed by atoms with Crippen LogP contribution >= 0.6 is 0 Å². The molecule has 4 unspecified atom stereocenters. The summed E-state index contributed by atoms with van der Waals surface area (Å²) in [5.74, 6) is -6.36. The van der Waals surface area contributed by atoms with Crippen LogP contribution in [-0.2, 0) is 43.2 Å². The molecule has 0 spiro atoms. The molecular weight excluding hydrogens is 716 g/mol. The van der Waals surface area contributed by atoms with Crippen LogP contribution in [0.4, 0.5) is 0 Å². The summed E-state index contributed by atoms with van der Waals surface area (Å²) in [6.45, 7) is 22.3. The summed E-state index contributed by atoms with van der Waals surface area (Å²) in [5.41, 5.74) is 1.05. The Morgan fingerprint density at radius 2 is 0.804 bits per heavy atom. The van der Waals surface area contributed by atoms with Gasteiger partial charge in [-0.25, -0.2) is 19.2 Å². The molecule has 1 aromatic carbocycles. The summed E-state index contributed by atoms with van der Waals surface area (Å²) in [5, 5.41) is 91.2. The summed E-state index contributed by atoms with van der Waals surface area (Å²) in [7, 11) is 0. The van der Waals surface area contributed by atoms with Crippen LogP contribution in [0.15, 0.2) is 24.3 Å². The molecule has 11 N–H and O–H groups in total. The van der Waals surface area contributed by atoms with Gasteiger partial charge in [0.25, 0.3) is 0 Å². The van der Waals surface area contributed by atoms with Crippen molar-refractivity contribution in [2.24, 2.45) is 0 Å². The molecule has 0 aliphatic rings. The van der Waals surface area contributed by atoms with E-state index in [0.717, 1.165) is 5.56 Å². The second kappa shape index (κ2) is 38.5. The number of aliphatic hydroxyl groups excluding tert-OH is 7. The third-order valence-electron chi connectivity index (χ3n) is 3.88. The van der Waals surface area contributed by atoms with Crippen molar-refractivity contribution in [1.29, 1.82) is 0 Å². The van der Waals surface area contributed by atoms with Crippen molar-refractivity contribution in [2.75, 3.05) is 0 Å². The first kappa shape index (κ1) is 60.4. The zero-order chi connectivity index (χ0) is 42.0. The molecule has 0 radical (unpaired) electrons. The Hall–Kier alpha value is -2.71. The summed E-state index contributed by atoms with van der Waals surface area (Å²) < 4.78 is 2.94. The number of hydrogen-bond acceptors (Lipinski definition) is 13. The Balaban J connectivity index is -0.000000136. The number of carbonyl (C=O) groups is 4. The van der Waals surface area contributed by atoms with Crippen LogP contribution in [-0.4, -0.2) is 129 Å². The third-order valence-corrected chi connectivity index (χ3v) is 5.44. The molecule has 0 aliphatic carbocycles. The standard InChI is InChI=1S/C13H16O7.C4H6O6.4C3H8O.2C2H5.Ti/c1-7(2)8-3-5-9(6-4-8)19-20-11(13(17)18)10(14)12(15)16;5-1(3(7)8)2(6)4(9)10;4*1-3(2)4;2*1-2;/h3-7,10-11,14H,1-2H3,(H,15,16)(H,17,18);1-2,5-6H,(H,7,8)(H,9,10);4*3-4H,1-2H3;2*1H2,2H3;. The number of rotatable bonds is 12. The van der Waals surface area contributed by atoms with E-state index in [-0.39, 0.29) is 30.2 Å². The van der Waals surface area contributed by atoms with Crippen molar-refractivity contribution >= 4 is 23.9 Å². The zero-order valence-electron chi connectivity index (χ0n) is 31.8. The first-order chi connectivity index (χ1) is 23.1. The Morgan fingerprint density at radius 3 is 0.980 bits per heavy atom. The zero-order valence-corrected chi connectivity index (χ0v) is 33.4. The van der Waals surface area contributed by atoms with Gasteiger partial charge >= 0.3 is 66.3 Å². The monoisotopic (exact) mass is 780 g/mol. The number of carboxylic acids is 4. The first-order valence-corrected chi connectivity index (χ1v) is 18.2. The van der Waals surface area contributed by atoms with Crippen molar-refractivity contribution < 1.29 is 104 Å². The molecule has 0 amide bonds. The van der Waals surface area contributed by atoms with Gasteiger partial charge in [0.15, 0.2) is 24.1 Å². The SMILES string of the molecule is CC(C)O.CC(C)O.CC(C)O.CC(C)O.CC(C)c1ccc(OOC(C(=O)O)C(O)C(=O)O)cc1.C[CH2][Ti][CH2]C.O=C(O)C(O)C(O)C(=O)O. The molecular formula is C33H64O17Ti. The second-order valence-corrected chi connectivity index (χ2v) is 14.3. The van der Waals surface area contributed by atoms with Gasteiger partial charge in [0.05, 0.1) is 0 Å². The Morgan fingerprint density at radius 1 is 0.529 bits per heavy atom. The van der Waals surface area contributed by atoms with Crippen LogP contribution in [0.3, 0.4) is 0 Å². The topological polar surface area (TPSA) is 309 Å². The molecule has 0 saturated carbocycles. The fourth-order valence-electron chi connectivity index (χ4n) is 1.89. The van der Waals surface area contributed by atoms with E-state index in [1.807, 2.05) is 13.8 Å². The largest absolute Gasteiger partial charge is 0.479 e. The summed E-state index contributed by atoms with van der Waals surface area (Å²) >= 11 is 0.528. The molecule has 17 nitrogen and oxygen atoms in total.